The van der Waals surface area contributed by atoms with Crippen molar-refractivity contribution in [1.29, 1.82) is 0 Å². The zero-order chi connectivity index (χ0) is 10.3. The standard InChI is InChI=1S/C11H17NS/c1-6-8-10(12-9-7-2)13-11(3,4)5/h6-9H,1-2H2,3-5H3/b10-8+,12-9-. The van der Waals surface area contributed by atoms with Gasteiger partial charge >= 0.3 is 0 Å². The lowest BCUT2D eigenvalue weighted by Gasteiger charge is -2.16. The molecule has 0 aromatic rings. The number of allylic oxidation sites excluding steroid dienone is 3. The van der Waals surface area contributed by atoms with Gasteiger partial charge in [-0.25, -0.2) is 4.99 Å². The normalized spacial score (nSPS) is 13.3. The van der Waals surface area contributed by atoms with Crippen LogP contribution in [0.25, 0.3) is 0 Å². The first-order valence-corrected chi connectivity index (χ1v) is 4.98. The molecule has 13 heavy (non-hydrogen) atoms. The van der Waals surface area contributed by atoms with E-state index in [4.69, 9.17) is 0 Å². The van der Waals surface area contributed by atoms with Crippen molar-refractivity contribution in [3.63, 3.8) is 0 Å². The molecule has 0 aromatic carbocycles. The number of nitrogens with zero attached hydrogens (tertiary/aromatic N) is 1. The van der Waals surface area contributed by atoms with E-state index in [0.29, 0.717) is 0 Å². The summed E-state index contributed by atoms with van der Waals surface area (Å²) in [6.07, 6.45) is 7.00. The van der Waals surface area contributed by atoms with E-state index in [2.05, 4.69) is 38.9 Å². The van der Waals surface area contributed by atoms with E-state index in [9.17, 15) is 0 Å². The molecule has 0 atom stereocenters. The van der Waals surface area contributed by atoms with Crippen molar-refractivity contribution in [1.82, 2.24) is 0 Å². The molecular formula is C11H17NS. The minimum absolute atomic E-state index is 0.174. The minimum Gasteiger partial charge on any atom is -0.250 e. The van der Waals surface area contributed by atoms with Crippen LogP contribution in [0.5, 0.6) is 0 Å². The molecule has 1 nitrogen and oxygen atoms in total. The van der Waals surface area contributed by atoms with Gasteiger partial charge in [-0.2, -0.15) is 0 Å². The summed E-state index contributed by atoms with van der Waals surface area (Å²) in [5, 5.41) is 0.961. The molecule has 0 bridgehead atoms. The fourth-order valence-corrected chi connectivity index (χ4v) is 1.55. The topological polar surface area (TPSA) is 12.4 Å². The van der Waals surface area contributed by atoms with E-state index in [1.165, 1.54) is 0 Å². The molecule has 0 saturated carbocycles. The molecule has 0 rings (SSSR count). The third kappa shape index (κ3) is 7.60. The third-order valence-electron chi connectivity index (χ3n) is 0.978. The second-order valence-electron chi connectivity index (χ2n) is 3.47. The highest BCUT2D eigenvalue weighted by atomic mass is 32.2. The van der Waals surface area contributed by atoms with Crippen LogP contribution in [-0.2, 0) is 0 Å². The molecular weight excluding hydrogens is 178 g/mol. The predicted molar refractivity (Wildman–Crippen MR) is 64.3 cm³/mol. The average Bonchev–Trinajstić information content (AvgIpc) is 1.98. The van der Waals surface area contributed by atoms with Crippen LogP contribution >= 0.6 is 11.8 Å². The Morgan fingerprint density at radius 1 is 1.23 bits per heavy atom. The Kier molecular flexibility index (Phi) is 5.47. The van der Waals surface area contributed by atoms with E-state index in [1.54, 1.807) is 30.1 Å². The summed E-state index contributed by atoms with van der Waals surface area (Å²) >= 11 is 1.71. The van der Waals surface area contributed by atoms with E-state index < -0.39 is 0 Å². The van der Waals surface area contributed by atoms with Crippen LogP contribution < -0.4 is 0 Å². The maximum atomic E-state index is 4.23. The lowest BCUT2D eigenvalue weighted by molar-refractivity contribution is 0.806. The quantitative estimate of drug-likeness (QED) is 0.491. The van der Waals surface area contributed by atoms with Crippen LogP contribution in [0.3, 0.4) is 0 Å². The van der Waals surface area contributed by atoms with Crippen molar-refractivity contribution >= 4 is 18.0 Å². The van der Waals surface area contributed by atoms with Crippen LogP contribution in [0.2, 0.25) is 0 Å². The Hall–Kier alpha value is -0.760. The molecule has 0 aliphatic rings. The molecule has 0 heterocycles. The highest BCUT2D eigenvalue weighted by Gasteiger charge is 2.12. The van der Waals surface area contributed by atoms with Gasteiger partial charge in [0.25, 0.3) is 0 Å². The Morgan fingerprint density at radius 3 is 2.23 bits per heavy atom. The molecule has 72 valence electrons. The van der Waals surface area contributed by atoms with Gasteiger partial charge in [-0.05, 0) is 6.08 Å². The SMILES string of the molecule is C=C/C=N\C(=C/C=C)SC(C)(C)C. The van der Waals surface area contributed by atoms with Crippen molar-refractivity contribution in [2.24, 2.45) is 4.99 Å². The van der Waals surface area contributed by atoms with Gasteiger partial charge in [0, 0.05) is 11.0 Å². The van der Waals surface area contributed by atoms with Crippen molar-refractivity contribution in [2.75, 3.05) is 0 Å². The fourth-order valence-electron chi connectivity index (χ4n) is 0.644. The maximum Gasteiger partial charge on any atom is 0.0964 e. The Morgan fingerprint density at radius 2 is 1.85 bits per heavy atom. The lowest BCUT2D eigenvalue weighted by Crippen LogP contribution is -2.06. The van der Waals surface area contributed by atoms with E-state index in [0.717, 1.165) is 5.03 Å². The van der Waals surface area contributed by atoms with E-state index >= 15 is 0 Å². The minimum atomic E-state index is 0.174. The Labute approximate surface area is 85.3 Å². The van der Waals surface area contributed by atoms with Gasteiger partial charge in [-0.1, -0.05) is 46.1 Å². The third-order valence-corrected chi connectivity index (χ3v) is 2.04. The summed E-state index contributed by atoms with van der Waals surface area (Å²) in [7, 11) is 0. The molecule has 2 heteroatoms. The zero-order valence-electron chi connectivity index (χ0n) is 8.58. The summed E-state index contributed by atoms with van der Waals surface area (Å²) in [6, 6.07) is 0. The maximum absolute atomic E-state index is 4.23. The van der Waals surface area contributed by atoms with Crippen LogP contribution in [0, 0.1) is 0 Å². The molecule has 0 unspecified atom stereocenters. The van der Waals surface area contributed by atoms with Crippen molar-refractivity contribution in [3.8, 4) is 0 Å². The van der Waals surface area contributed by atoms with Gasteiger partial charge in [-0.15, -0.1) is 11.8 Å². The number of aliphatic imine (C=N–C) groups is 1. The summed E-state index contributed by atoms with van der Waals surface area (Å²) in [5.74, 6) is 0. The largest absolute Gasteiger partial charge is 0.250 e. The van der Waals surface area contributed by atoms with Crippen molar-refractivity contribution in [2.45, 2.75) is 25.5 Å². The van der Waals surface area contributed by atoms with Crippen molar-refractivity contribution in [3.05, 3.63) is 36.4 Å². The highest BCUT2D eigenvalue weighted by Crippen LogP contribution is 2.31. The summed E-state index contributed by atoms with van der Waals surface area (Å²) in [5.41, 5.74) is 0. The second-order valence-corrected chi connectivity index (χ2v) is 5.32. The number of thioether (sulfide) groups is 1. The molecule has 0 amide bonds. The van der Waals surface area contributed by atoms with Crippen LogP contribution in [0.4, 0.5) is 0 Å². The Bertz CT molecular complexity index is 231. The summed E-state index contributed by atoms with van der Waals surface area (Å²) in [4.78, 5) is 4.23. The highest BCUT2D eigenvalue weighted by molar-refractivity contribution is 8.04. The van der Waals surface area contributed by atoms with Gasteiger partial charge in [0.15, 0.2) is 0 Å². The smallest absolute Gasteiger partial charge is 0.0964 e. The average molecular weight is 195 g/mol. The predicted octanol–water partition coefficient (Wildman–Crippen LogP) is 3.80. The van der Waals surface area contributed by atoms with Crippen LogP contribution in [0.15, 0.2) is 41.4 Å². The van der Waals surface area contributed by atoms with Gasteiger partial charge in [0.2, 0.25) is 0 Å². The first-order valence-electron chi connectivity index (χ1n) is 4.16. The van der Waals surface area contributed by atoms with E-state index in [1.807, 2.05) is 6.08 Å². The second kappa shape index (κ2) is 5.81. The fraction of sp³-hybridized carbons (Fsp3) is 0.364. The molecule has 0 aliphatic heterocycles. The molecule has 0 N–H and O–H groups in total. The zero-order valence-corrected chi connectivity index (χ0v) is 9.40. The van der Waals surface area contributed by atoms with Crippen molar-refractivity contribution < 1.29 is 0 Å². The monoisotopic (exact) mass is 195 g/mol. The lowest BCUT2D eigenvalue weighted by atomic mass is 10.3. The Balaban J connectivity index is 4.45. The van der Waals surface area contributed by atoms with Gasteiger partial charge in [0.1, 0.15) is 0 Å². The van der Waals surface area contributed by atoms with E-state index in [-0.39, 0.29) is 4.75 Å². The van der Waals surface area contributed by atoms with Crippen LogP contribution in [-0.4, -0.2) is 11.0 Å². The molecule has 0 radical (unpaired) electrons. The van der Waals surface area contributed by atoms with Gasteiger partial charge in [0.05, 0.1) is 5.03 Å². The first-order chi connectivity index (χ1) is 5.99. The summed E-state index contributed by atoms with van der Waals surface area (Å²) in [6.45, 7) is 13.7. The molecule has 0 saturated heterocycles. The first kappa shape index (κ1) is 12.2. The summed E-state index contributed by atoms with van der Waals surface area (Å²) < 4.78 is 0.174. The van der Waals surface area contributed by atoms with Crippen LogP contribution in [0.1, 0.15) is 20.8 Å². The van der Waals surface area contributed by atoms with Gasteiger partial charge < -0.3 is 0 Å². The molecule has 0 aromatic heterocycles. The number of rotatable bonds is 4. The molecule has 0 fully saturated rings. The van der Waals surface area contributed by atoms with Gasteiger partial charge in [-0.3, -0.25) is 0 Å². The molecule has 0 spiro atoms. The number of hydrogen-bond acceptors (Lipinski definition) is 2. The molecule has 0 aliphatic carbocycles. The number of hydrogen-bond donors (Lipinski definition) is 0.